The third-order valence-electron chi connectivity index (χ3n) is 6.02. The van der Waals surface area contributed by atoms with Crippen LogP contribution in [0, 0.1) is 13.8 Å². The van der Waals surface area contributed by atoms with Crippen LogP contribution < -0.4 is 15.5 Å². The highest BCUT2D eigenvalue weighted by Gasteiger charge is 2.25. The van der Waals surface area contributed by atoms with Crippen LogP contribution in [0.25, 0.3) is 0 Å². The smallest absolute Gasteiger partial charge is 0.0572 e. The Balaban J connectivity index is 1.47. The van der Waals surface area contributed by atoms with E-state index in [1.54, 1.807) is 5.56 Å². The Hall–Kier alpha value is -1.95. The monoisotopic (exact) mass is 379 g/mol. The summed E-state index contributed by atoms with van der Waals surface area (Å²) in [4.78, 5) is 9.53. The molecule has 2 aliphatic heterocycles. The molecule has 1 aromatic heterocycles. The first kappa shape index (κ1) is 19.4. The Bertz CT molecular complexity index is 813. The Morgan fingerprint density at radius 3 is 2.82 bits per heavy atom. The van der Waals surface area contributed by atoms with Crippen molar-refractivity contribution in [1.82, 2.24) is 20.5 Å². The molecule has 3 heterocycles. The van der Waals surface area contributed by atoms with E-state index in [2.05, 4.69) is 64.5 Å². The summed E-state index contributed by atoms with van der Waals surface area (Å²) in [5.41, 5.74) is 8.32. The summed E-state index contributed by atoms with van der Waals surface area (Å²) in [6.07, 6.45) is 2.99. The van der Waals surface area contributed by atoms with Crippen LogP contribution in [0.5, 0.6) is 0 Å². The zero-order valence-electron chi connectivity index (χ0n) is 17.5. The standard InChI is InChI=1S/C23H33N5/c1-17-11-19-14-26-20(15-27(3)16-22-18(2)5-4-6-25-22)13-21(19)23(12-17)28-9-7-24-8-10-28/h4-6,11-12,20,24,26H,7-10,13-16H2,1-3H3. The predicted octanol–water partition coefficient (Wildman–Crippen LogP) is 2.25. The zero-order valence-corrected chi connectivity index (χ0v) is 17.5. The van der Waals surface area contributed by atoms with Gasteiger partial charge in [0.05, 0.1) is 5.69 Å². The molecular weight excluding hydrogens is 346 g/mol. The van der Waals surface area contributed by atoms with E-state index in [1.165, 1.54) is 28.1 Å². The maximum Gasteiger partial charge on any atom is 0.0572 e. The Labute approximate surface area is 169 Å². The molecule has 28 heavy (non-hydrogen) atoms. The molecule has 0 radical (unpaired) electrons. The largest absolute Gasteiger partial charge is 0.369 e. The number of hydrogen-bond donors (Lipinski definition) is 2. The maximum absolute atomic E-state index is 4.56. The second-order valence-corrected chi connectivity index (χ2v) is 8.40. The molecule has 2 aromatic rings. The number of aromatic nitrogens is 1. The fourth-order valence-electron chi connectivity index (χ4n) is 4.53. The minimum Gasteiger partial charge on any atom is -0.369 e. The van der Waals surface area contributed by atoms with Crippen LogP contribution in [0.1, 0.15) is 27.9 Å². The van der Waals surface area contributed by atoms with E-state index in [1.807, 2.05) is 12.3 Å². The molecule has 4 rings (SSSR count). The fraction of sp³-hybridized carbons (Fsp3) is 0.522. The van der Waals surface area contributed by atoms with E-state index in [0.29, 0.717) is 6.04 Å². The van der Waals surface area contributed by atoms with Crippen LogP contribution in [-0.4, -0.2) is 55.7 Å². The Morgan fingerprint density at radius 2 is 2.04 bits per heavy atom. The molecule has 5 heteroatoms. The van der Waals surface area contributed by atoms with Gasteiger partial charge < -0.3 is 15.5 Å². The van der Waals surface area contributed by atoms with Gasteiger partial charge in [0.25, 0.3) is 0 Å². The number of rotatable bonds is 5. The van der Waals surface area contributed by atoms with Gasteiger partial charge in [-0.1, -0.05) is 12.1 Å². The van der Waals surface area contributed by atoms with Crippen molar-refractivity contribution in [2.75, 3.05) is 44.7 Å². The van der Waals surface area contributed by atoms with Gasteiger partial charge in [0.1, 0.15) is 0 Å². The molecule has 2 aliphatic rings. The van der Waals surface area contributed by atoms with Gasteiger partial charge in [0.15, 0.2) is 0 Å². The number of pyridine rings is 1. The molecule has 1 unspecified atom stereocenters. The van der Waals surface area contributed by atoms with Crippen LogP contribution in [0.2, 0.25) is 0 Å². The molecule has 0 saturated carbocycles. The van der Waals surface area contributed by atoms with Crippen LogP contribution in [0.15, 0.2) is 30.5 Å². The lowest BCUT2D eigenvalue weighted by Gasteiger charge is -2.36. The minimum atomic E-state index is 0.478. The van der Waals surface area contributed by atoms with Gasteiger partial charge in [0.2, 0.25) is 0 Å². The molecule has 0 bridgehead atoms. The molecule has 150 valence electrons. The van der Waals surface area contributed by atoms with Gasteiger partial charge in [-0.15, -0.1) is 0 Å². The molecule has 0 aliphatic carbocycles. The van der Waals surface area contributed by atoms with Gasteiger partial charge >= 0.3 is 0 Å². The lowest BCUT2D eigenvalue weighted by atomic mass is 9.91. The topological polar surface area (TPSA) is 43.4 Å². The number of nitrogens with one attached hydrogen (secondary N) is 2. The molecular formula is C23H33N5. The van der Waals surface area contributed by atoms with Crippen molar-refractivity contribution < 1.29 is 0 Å². The summed E-state index contributed by atoms with van der Waals surface area (Å²) < 4.78 is 0. The number of benzene rings is 1. The molecule has 1 aromatic carbocycles. The van der Waals surface area contributed by atoms with Crippen LogP contribution in [0.4, 0.5) is 5.69 Å². The summed E-state index contributed by atoms with van der Waals surface area (Å²) in [6, 6.07) is 9.40. The minimum absolute atomic E-state index is 0.478. The Morgan fingerprint density at radius 1 is 1.21 bits per heavy atom. The number of fused-ring (bicyclic) bond motifs is 1. The molecule has 0 amide bonds. The van der Waals surface area contributed by atoms with Crippen molar-refractivity contribution >= 4 is 5.69 Å². The number of piperazine rings is 1. The third kappa shape index (κ3) is 4.37. The van der Waals surface area contributed by atoms with Gasteiger partial charge in [-0.25, -0.2) is 0 Å². The van der Waals surface area contributed by atoms with Crippen molar-refractivity contribution in [3.8, 4) is 0 Å². The lowest BCUT2D eigenvalue weighted by molar-refractivity contribution is 0.271. The van der Waals surface area contributed by atoms with Gasteiger partial charge in [-0.2, -0.15) is 0 Å². The number of likely N-dealkylation sites (N-methyl/N-ethyl adjacent to an activating group) is 1. The first-order valence-electron chi connectivity index (χ1n) is 10.5. The average Bonchev–Trinajstić information content (AvgIpc) is 2.70. The number of hydrogen-bond acceptors (Lipinski definition) is 5. The quantitative estimate of drug-likeness (QED) is 0.834. The SMILES string of the molecule is Cc1cc2c(c(N3CCNCC3)c1)CC(CN(C)Cc1ncccc1C)NC2. The summed E-state index contributed by atoms with van der Waals surface area (Å²) in [7, 11) is 2.21. The van der Waals surface area contributed by atoms with Gasteiger partial charge in [0, 0.05) is 63.7 Å². The highest BCUT2D eigenvalue weighted by atomic mass is 15.2. The molecule has 1 saturated heterocycles. The lowest BCUT2D eigenvalue weighted by Crippen LogP contribution is -2.46. The van der Waals surface area contributed by atoms with Crippen molar-refractivity contribution in [2.45, 2.75) is 39.4 Å². The normalized spacial score (nSPS) is 19.7. The first-order chi connectivity index (χ1) is 13.6. The fourth-order valence-corrected chi connectivity index (χ4v) is 4.53. The molecule has 0 spiro atoms. The molecule has 2 N–H and O–H groups in total. The van der Waals surface area contributed by atoms with E-state index < -0.39 is 0 Å². The van der Waals surface area contributed by atoms with Gasteiger partial charge in [-0.05, 0) is 61.7 Å². The summed E-state index contributed by atoms with van der Waals surface area (Å²) in [6.45, 7) is 11.6. The second kappa shape index (κ2) is 8.60. The highest BCUT2D eigenvalue weighted by Crippen LogP contribution is 2.30. The Kier molecular flexibility index (Phi) is 5.95. The van der Waals surface area contributed by atoms with Crippen molar-refractivity contribution in [3.63, 3.8) is 0 Å². The second-order valence-electron chi connectivity index (χ2n) is 8.40. The van der Waals surface area contributed by atoms with Crippen molar-refractivity contribution in [3.05, 3.63) is 58.4 Å². The molecule has 1 fully saturated rings. The summed E-state index contributed by atoms with van der Waals surface area (Å²) in [5.74, 6) is 0. The zero-order chi connectivity index (χ0) is 19.5. The molecule has 5 nitrogen and oxygen atoms in total. The van der Waals surface area contributed by atoms with E-state index in [4.69, 9.17) is 0 Å². The first-order valence-corrected chi connectivity index (χ1v) is 10.5. The van der Waals surface area contributed by atoms with Gasteiger partial charge in [-0.3, -0.25) is 9.88 Å². The van der Waals surface area contributed by atoms with E-state index >= 15 is 0 Å². The third-order valence-corrected chi connectivity index (χ3v) is 6.02. The highest BCUT2D eigenvalue weighted by molar-refractivity contribution is 5.60. The maximum atomic E-state index is 4.56. The van der Waals surface area contributed by atoms with E-state index in [0.717, 1.165) is 52.2 Å². The van der Waals surface area contributed by atoms with E-state index in [-0.39, 0.29) is 0 Å². The predicted molar refractivity (Wildman–Crippen MR) is 116 cm³/mol. The number of aryl methyl sites for hydroxylation is 2. The number of nitrogens with zero attached hydrogens (tertiary/aromatic N) is 3. The summed E-state index contributed by atoms with van der Waals surface area (Å²) >= 11 is 0. The average molecular weight is 380 g/mol. The summed E-state index contributed by atoms with van der Waals surface area (Å²) in [5, 5.41) is 7.25. The van der Waals surface area contributed by atoms with Crippen molar-refractivity contribution in [1.29, 1.82) is 0 Å². The van der Waals surface area contributed by atoms with Crippen LogP contribution >= 0.6 is 0 Å². The van der Waals surface area contributed by atoms with Crippen LogP contribution in [-0.2, 0) is 19.5 Å². The van der Waals surface area contributed by atoms with Crippen molar-refractivity contribution in [2.24, 2.45) is 0 Å². The van der Waals surface area contributed by atoms with E-state index in [9.17, 15) is 0 Å². The van der Waals surface area contributed by atoms with Crippen LogP contribution in [0.3, 0.4) is 0 Å². The molecule has 1 atom stereocenters. The number of anilines is 1.